The number of aryl methyl sites for hydroxylation is 1. The van der Waals surface area contributed by atoms with Crippen molar-refractivity contribution in [3.8, 4) is 11.8 Å². The van der Waals surface area contributed by atoms with Gasteiger partial charge in [-0.05, 0) is 92.5 Å². The highest BCUT2D eigenvalue weighted by atomic mass is 79.9. The third-order valence-electron chi connectivity index (χ3n) is 6.87. The third kappa shape index (κ3) is 3.91. The Labute approximate surface area is 179 Å². The van der Waals surface area contributed by atoms with Crippen LogP contribution in [-0.4, -0.2) is 20.2 Å². The van der Waals surface area contributed by atoms with E-state index in [4.69, 9.17) is 4.74 Å². The summed E-state index contributed by atoms with van der Waals surface area (Å²) in [5.74, 6) is 2.38. The molecular formula is C23H26BrN3O2. The Bertz CT molecular complexity index is 919. The molecule has 1 N–H and O–H groups in total. The van der Waals surface area contributed by atoms with Gasteiger partial charge in [0, 0.05) is 28.8 Å². The minimum absolute atomic E-state index is 0.131. The van der Waals surface area contributed by atoms with Crippen molar-refractivity contribution in [1.29, 1.82) is 0 Å². The first-order valence-corrected chi connectivity index (χ1v) is 11.2. The monoisotopic (exact) mass is 455 g/mol. The van der Waals surface area contributed by atoms with Crippen LogP contribution in [0.15, 0.2) is 36.7 Å². The number of anilines is 1. The molecule has 4 saturated carbocycles. The van der Waals surface area contributed by atoms with Crippen LogP contribution in [0.3, 0.4) is 0 Å². The highest BCUT2D eigenvalue weighted by Gasteiger charge is 2.57. The van der Waals surface area contributed by atoms with Crippen molar-refractivity contribution in [2.75, 3.05) is 5.32 Å². The Morgan fingerprint density at radius 2 is 1.93 bits per heavy atom. The summed E-state index contributed by atoms with van der Waals surface area (Å²) in [5.41, 5.74) is 1.99. The molecule has 6 heteroatoms. The van der Waals surface area contributed by atoms with Crippen LogP contribution >= 0.6 is 15.9 Å². The Hall–Kier alpha value is -1.95. The van der Waals surface area contributed by atoms with E-state index in [0.717, 1.165) is 29.5 Å². The lowest BCUT2D eigenvalue weighted by molar-refractivity contribution is -0.123. The van der Waals surface area contributed by atoms with Crippen molar-refractivity contribution in [1.82, 2.24) is 9.97 Å². The Morgan fingerprint density at radius 1 is 1.21 bits per heavy atom. The number of rotatable bonds is 5. The smallest absolute Gasteiger partial charge is 0.321 e. The van der Waals surface area contributed by atoms with Gasteiger partial charge in [0.1, 0.15) is 5.75 Å². The molecule has 4 fully saturated rings. The van der Waals surface area contributed by atoms with E-state index < -0.39 is 0 Å². The summed E-state index contributed by atoms with van der Waals surface area (Å²) in [7, 11) is 0. The number of alkyl halides is 1. The zero-order valence-corrected chi connectivity index (χ0v) is 18.2. The van der Waals surface area contributed by atoms with Crippen molar-refractivity contribution in [2.24, 2.45) is 17.3 Å². The number of benzene rings is 1. The van der Waals surface area contributed by atoms with Crippen LogP contribution in [0.5, 0.6) is 11.8 Å². The maximum absolute atomic E-state index is 13.0. The van der Waals surface area contributed by atoms with Crippen LogP contribution in [-0.2, 0) is 4.79 Å². The summed E-state index contributed by atoms with van der Waals surface area (Å²) < 4.78 is 5.96. The molecule has 2 atom stereocenters. The summed E-state index contributed by atoms with van der Waals surface area (Å²) >= 11 is 4.04. The van der Waals surface area contributed by atoms with Gasteiger partial charge in [-0.3, -0.25) is 4.79 Å². The highest BCUT2D eigenvalue weighted by Crippen LogP contribution is 2.65. The number of aromatic nitrogens is 2. The van der Waals surface area contributed by atoms with Crippen LogP contribution in [0.1, 0.15) is 50.5 Å². The van der Waals surface area contributed by atoms with Crippen LogP contribution in [0.25, 0.3) is 0 Å². The summed E-state index contributed by atoms with van der Waals surface area (Å²) in [6, 6.07) is 7.71. The van der Waals surface area contributed by atoms with Crippen molar-refractivity contribution >= 4 is 27.5 Å². The molecule has 0 aliphatic heterocycles. The molecule has 2 unspecified atom stereocenters. The van der Waals surface area contributed by atoms with Gasteiger partial charge >= 0.3 is 6.01 Å². The molecule has 4 aliphatic carbocycles. The summed E-state index contributed by atoms with van der Waals surface area (Å²) in [6.45, 7) is 1.98. The molecule has 0 spiro atoms. The fourth-order valence-corrected chi connectivity index (χ4v) is 7.87. The molecule has 1 heterocycles. The minimum Gasteiger partial charge on any atom is -0.424 e. The van der Waals surface area contributed by atoms with E-state index in [1.807, 2.05) is 25.1 Å². The van der Waals surface area contributed by atoms with Crippen molar-refractivity contribution < 1.29 is 9.53 Å². The van der Waals surface area contributed by atoms with Crippen LogP contribution in [0, 0.1) is 24.2 Å². The van der Waals surface area contributed by atoms with Crippen LogP contribution in [0.2, 0.25) is 0 Å². The number of ether oxygens (including phenoxy) is 1. The normalized spacial score (nSPS) is 32.2. The second-order valence-electron chi connectivity index (χ2n) is 9.45. The minimum atomic E-state index is 0.131. The first-order valence-electron chi connectivity index (χ1n) is 10.4. The van der Waals surface area contributed by atoms with Crippen molar-refractivity contribution in [3.63, 3.8) is 0 Å². The topological polar surface area (TPSA) is 64.1 Å². The van der Waals surface area contributed by atoms with E-state index in [-0.39, 0.29) is 15.6 Å². The zero-order valence-electron chi connectivity index (χ0n) is 16.7. The molecule has 0 saturated heterocycles. The SMILES string of the molecule is Cc1cc(Oc2ncccn2)ccc1NC(=O)CC12CC3CC(CC(Br)(C3)C1)C2. The number of nitrogens with zero attached hydrogens (tertiary/aromatic N) is 2. The zero-order chi connectivity index (χ0) is 20.1. The average molecular weight is 456 g/mol. The number of hydrogen-bond donors (Lipinski definition) is 1. The molecule has 2 aromatic rings. The third-order valence-corrected chi connectivity index (χ3v) is 7.80. The lowest BCUT2D eigenvalue weighted by Crippen LogP contribution is -2.53. The van der Waals surface area contributed by atoms with Gasteiger partial charge in [-0.15, -0.1) is 0 Å². The van der Waals surface area contributed by atoms with Crippen molar-refractivity contribution in [3.05, 3.63) is 42.2 Å². The Morgan fingerprint density at radius 3 is 2.59 bits per heavy atom. The molecule has 1 amide bonds. The molecule has 6 rings (SSSR count). The number of carbonyl (C=O) groups is 1. The van der Waals surface area contributed by atoms with E-state index in [2.05, 4.69) is 31.2 Å². The first kappa shape index (κ1) is 19.0. The molecule has 1 aromatic heterocycles. The Kier molecular flexibility index (Phi) is 4.65. The van der Waals surface area contributed by atoms with Gasteiger partial charge in [-0.1, -0.05) is 15.9 Å². The van der Waals surface area contributed by atoms with Gasteiger partial charge in [0.05, 0.1) is 0 Å². The number of carbonyl (C=O) groups excluding carboxylic acids is 1. The number of nitrogens with one attached hydrogen (secondary N) is 1. The highest BCUT2D eigenvalue weighted by molar-refractivity contribution is 9.10. The quantitative estimate of drug-likeness (QED) is 0.592. The van der Waals surface area contributed by atoms with E-state index in [9.17, 15) is 4.79 Å². The fraction of sp³-hybridized carbons (Fsp3) is 0.522. The second-order valence-corrected chi connectivity index (χ2v) is 11.1. The molecular weight excluding hydrogens is 430 g/mol. The molecule has 152 valence electrons. The fourth-order valence-electron chi connectivity index (χ4n) is 6.36. The number of amides is 1. The molecule has 29 heavy (non-hydrogen) atoms. The molecule has 5 nitrogen and oxygen atoms in total. The second kappa shape index (κ2) is 7.08. The molecule has 1 aromatic carbocycles. The number of hydrogen-bond acceptors (Lipinski definition) is 4. The van der Waals surface area contributed by atoms with Gasteiger partial charge in [-0.2, -0.15) is 0 Å². The summed E-state index contributed by atoms with van der Waals surface area (Å²) in [6.07, 6.45) is 11.4. The molecule has 4 bridgehead atoms. The van der Waals surface area contributed by atoms with Gasteiger partial charge < -0.3 is 10.1 Å². The largest absolute Gasteiger partial charge is 0.424 e. The van der Waals surface area contributed by atoms with E-state index >= 15 is 0 Å². The predicted octanol–water partition coefficient (Wildman–Crippen LogP) is 5.64. The summed E-state index contributed by atoms with van der Waals surface area (Å²) in [5, 5.41) is 3.15. The van der Waals surface area contributed by atoms with E-state index in [0.29, 0.717) is 18.2 Å². The van der Waals surface area contributed by atoms with Crippen molar-refractivity contribution in [2.45, 2.75) is 56.2 Å². The number of halogens is 1. The molecule has 0 radical (unpaired) electrons. The van der Waals surface area contributed by atoms with Gasteiger partial charge in [0.25, 0.3) is 0 Å². The average Bonchev–Trinajstić information content (AvgIpc) is 2.62. The van der Waals surface area contributed by atoms with Gasteiger partial charge in [0.2, 0.25) is 5.91 Å². The molecule has 4 aliphatic rings. The maximum atomic E-state index is 13.0. The Balaban J connectivity index is 1.25. The lowest BCUT2D eigenvalue weighted by Gasteiger charge is -2.60. The van der Waals surface area contributed by atoms with Crippen LogP contribution in [0.4, 0.5) is 5.69 Å². The predicted molar refractivity (Wildman–Crippen MR) is 115 cm³/mol. The maximum Gasteiger partial charge on any atom is 0.321 e. The van der Waals surface area contributed by atoms with Gasteiger partial charge in [-0.25, -0.2) is 9.97 Å². The summed E-state index contributed by atoms with van der Waals surface area (Å²) in [4.78, 5) is 21.1. The first-order chi connectivity index (χ1) is 13.9. The van der Waals surface area contributed by atoms with Crippen LogP contribution < -0.4 is 10.1 Å². The van der Waals surface area contributed by atoms with E-state index in [1.54, 1.807) is 18.5 Å². The van der Waals surface area contributed by atoms with E-state index in [1.165, 1.54) is 32.1 Å². The van der Waals surface area contributed by atoms with Gasteiger partial charge in [0.15, 0.2) is 0 Å². The lowest BCUT2D eigenvalue weighted by atomic mass is 9.48. The standard InChI is InChI=1S/C23H26BrN3O2/c1-15-7-18(29-21-25-5-2-6-26-21)3-4-19(15)27-20(28)13-22-9-16-8-17(10-22)12-23(24,11-16)14-22/h2-7,16-17H,8-14H2,1H3,(H,27,28).